The van der Waals surface area contributed by atoms with Gasteiger partial charge in [-0.15, -0.1) is 0 Å². The highest BCUT2D eigenvalue weighted by Crippen LogP contribution is 2.17. The van der Waals surface area contributed by atoms with Crippen LogP contribution in [-0.2, 0) is 19.1 Å². The van der Waals surface area contributed by atoms with Gasteiger partial charge in [0.15, 0.2) is 6.10 Å². The third-order valence-corrected chi connectivity index (χ3v) is 14.4. The molecule has 5 nitrogen and oxygen atoms in total. The fourth-order valence-corrected chi connectivity index (χ4v) is 9.40. The Morgan fingerprint density at radius 2 is 0.537 bits per heavy atom. The first kappa shape index (κ1) is 76.0. The van der Waals surface area contributed by atoms with Crippen LogP contribution in [0.25, 0.3) is 0 Å². The summed E-state index contributed by atoms with van der Waals surface area (Å²) >= 11 is 0. The fourth-order valence-electron chi connectivity index (χ4n) is 9.40. The van der Waals surface area contributed by atoms with Crippen LogP contribution in [0, 0.1) is 0 Å². The molecule has 0 aromatic carbocycles. The molecule has 5 heteroatoms. The minimum Gasteiger partial charge on any atom is -0.462 e. The molecule has 0 heterocycles. The molecule has 1 N–H and O–H groups in total. The second-order valence-corrected chi connectivity index (χ2v) is 22.2. The van der Waals surface area contributed by atoms with Gasteiger partial charge in [0.2, 0.25) is 0 Å². The molecule has 0 bridgehead atoms. The van der Waals surface area contributed by atoms with Gasteiger partial charge in [-0.25, -0.2) is 0 Å². The van der Waals surface area contributed by atoms with Crippen LogP contribution < -0.4 is 0 Å². The van der Waals surface area contributed by atoms with Crippen molar-refractivity contribution in [1.82, 2.24) is 0 Å². The Morgan fingerprint density at radius 1 is 0.300 bits per heavy atom. The highest BCUT2D eigenvalue weighted by atomic mass is 16.6. The van der Waals surface area contributed by atoms with E-state index in [0.717, 1.165) is 109 Å². The minimum atomic E-state index is -0.786. The van der Waals surface area contributed by atoms with Crippen molar-refractivity contribution in [3.8, 4) is 0 Å². The standard InChI is InChI=1S/C75H126O5/c1-3-5-7-9-11-13-15-17-19-21-23-25-27-29-31-33-35-37-39-41-43-45-47-49-51-53-55-57-59-61-63-65-67-69-74(77)79-72-73(71-76)80-75(78)70-68-66-64-62-60-58-56-54-52-50-48-46-44-42-40-38-36-34-32-30-28-26-24-22-20-18-16-14-12-10-8-6-4-2/h6,8,12,14-15,17-18,20-21,23-24,26-27,29-30,32,36,38,42,44,48,50,73,76H,3-5,7,9-11,13,16,19,22,25,28,31,33-35,37,39-41,43,45-47,49,51-72H2,1-2H3/b8-6-,14-12-,17-15-,20-18-,23-21-,26-24-,29-27-,32-30-,38-36-,44-42-,50-48-. The maximum absolute atomic E-state index is 12.4. The molecule has 0 amide bonds. The SMILES string of the molecule is CC/C=C\C/C=C\C/C=C\C/C=C\C/C=C\C/C=C\C/C=C\C/C=C\CCCCCCCCCCC(=O)OC(CO)COC(=O)CCCCCCCCCCCCCCCCCCCC/C=C\C/C=C\C/C=C\CCCCCCC. The van der Waals surface area contributed by atoms with E-state index in [0.29, 0.717) is 12.8 Å². The number of allylic oxidation sites excluding steroid dienone is 22. The molecule has 0 saturated carbocycles. The number of ether oxygens (including phenoxy) is 2. The van der Waals surface area contributed by atoms with Gasteiger partial charge in [0.25, 0.3) is 0 Å². The van der Waals surface area contributed by atoms with Gasteiger partial charge in [-0.05, 0) is 116 Å². The van der Waals surface area contributed by atoms with E-state index in [2.05, 4.69) is 148 Å². The van der Waals surface area contributed by atoms with Gasteiger partial charge in [0.05, 0.1) is 6.61 Å². The molecule has 0 rings (SSSR count). The van der Waals surface area contributed by atoms with E-state index >= 15 is 0 Å². The average molecular weight is 1110 g/mol. The highest BCUT2D eigenvalue weighted by Gasteiger charge is 2.16. The quantitative estimate of drug-likeness (QED) is 0.0373. The van der Waals surface area contributed by atoms with Crippen LogP contribution in [0.4, 0.5) is 0 Å². The van der Waals surface area contributed by atoms with Gasteiger partial charge in [0.1, 0.15) is 6.61 Å². The summed E-state index contributed by atoms with van der Waals surface area (Å²) < 4.78 is 10.7. The van der Waals surface area contributed by atoms with Crippen molar-refractivity contribution in [2.24, 2.45) is 0 Å². The predicted molar refractivity (Wildman–Crippen MR) is 352 cm³/mol. The van der Waals surface area contributed by atoms with E-state index in [4.69, 9.17) is 9.47 Å². The predicted octanol–water partition coefficient (Wildman–Crippen LogP) is 23.5. The molecule has 456 valence electrons. The van der Waals surface area contributed by atoms with E-state index in [9.17, 15) is 14.7 Å². The number of rotatable bonds is 61. The number of hydrogen-bond donors (Lipinski definition) is 1. The molecule has 0 radical (unpaired) electrons. The van der Waals surface area contributed by atoms with E-state index in [1.165, 1.54) is 173 Å². The molecule has 0 aromatic heterocycles. The van der Waals surface area contributed by atoms with Crippen molar-refractivity contribution in [3.05, 3.63) is 134 Å². The van der Waals surface area contributed by atoms with E-state index < -0.39 is 6.10 Å². The van der Waals surface area contributed by atoms with Crippen molar-refractivity contribution in [3.63, 3.8) is 0 Å². The fraction of sp³-hybridized carbons (Fsp3) is 0.680. The van der Waals surface area contributed by atoms with Crippen LogP contribution in [0.1, 0.15) is 309 Å². The molecule has 0 fully saturated rings. The smallest absolute Gasteiger partial charge is 0.306 e. The van der Waals surface area contributed by atoms with Gasteiger partial charge < -0.3 is 14.6 Å². The Labute approximate surface area is 496 Å². The summed E-state index contributed by atoms with van der Waals surface area (Å²) in [5, 5.41) is 9.70. The first-order chi connectivity index (χ1) is 39.6. The molecule has 1 unspecified atom stereocenters. The second kappa shape index (κ2) is 69.3. The van der Waals surface area contributed by atoms with Crippen LogP contribution in [0.2, 0.25) is 0 Å². The highest BCUT2D eigenvalue weighted by molar-refractivity contribution is 5.70. The number of unbranched alkanes of at least 4 members (excludes halogenated alkanes) is 31. The summed E-state index contributed by atoms with van der Waals surface area (Å²) in [6.07, 6.45) is 103. The zero-order valence-corrected chi connectivity index (χ0v) is 52.3. The number of aliphatic hydroxyl groups excluding tert-OH is 1. The third-order valence-electron chi connectivity index (χ3n) is 14.4. The molecule has 80 heavy (non-hydrogen) atoms. The number of carbonyl (C=O) groups excluding carboxylic acids is 2. The maximum Gasteiger partial charge on any atom is 0.306 e. The van der Waals surface area contributed by atoms with Gasteiger partial charge >= 0.3 is 11.9 Å². The first-order valence-corrected chi connectivity index (χ1v) is 33.7. The van der Waals surface area contributed by atoms with Gasteiger partial charge in [-0.3, -0.25) is 9.59 Å². The molecular formula is C75H126O5. The number of carbonyl (C=O) groups is 2. The Bertz CT molecular complexity index is 1630. The van der Waals surface area contributed by atoms with Crippen molar-refractivity contribution >= 4 is 11.9 Å². The first-order valence-electron chi connectivity index (χ1n) is 33.7. The zero-order valence-electron chi connectivity index (χ0n) is 52.3. The van der Waals surface area contributed by atoms with Crippen molar-refractivity contribution in [2.45, 2.75) is 315 Å². The van der Waals surface area contributed by atoms with Crippen molar-refractivity contribution < 1.29 is 24.2 Å². The summed E-state index contributed by atoms with van der Waals surface area (Å²) in [4.78, 5) is 24.6. The molecule has 0 saturated heterocycles. The normalized spacial score (nSPS) is 13.1. The molecule has 0 aromatic rings. The molecule has 0 aliphatic carbocycles. The zero-order chi connectivity index (χ0) is 57.6. The van der Waals surface area contributed by atoms with E-state index in [1.54, 1.807) is 0 Å². The van der Waals surface area contributed by atoms with Gasteiger partial charge in [0, 0.05) is 12.8 Å². The van der Waals surface area contributed by atoms with Crippen LogP contribution in [0.15, 0.2) is 134 Å². The van der Waals surface area contributed by atoms with Gasteiger partial charge in [-0.1, -0.05) is 314 Å². The summed E-state index contributed by atoms with van der Waals surface area (Å²) in [6.45, 7) is 4.03. The van der Waals surface area contributed by atoms with Crippen LogP contribution in [0.5, 0.6) is 0 Å². The number of aliphatic hydroxyl groups is 1. The lowest BCUT2D eigenvalue weighted by atomic mass is 10.0. The Morgan fingerprint density at radius 3 is 0.812 bits per heavy atom. The second-order valence-electron chi connectivity index (χ2n) is 22.2. The maximum atomic E-state index is 12.4. The third kappa shape index (κ3) is 66.6. The van der Waals surface area contributed by atoms with Crippen molar-refractivity contribution in [2.75, 3.05) is 13.2 Å². The molecular weight excluding hydrogens is 981 g/mol. The lowest BCUT2D eigenvalue weighted by molar-refractivity contribution is -0.161. The van der Waals surface area contributed by atoms with E-state index in [-0.39, 0.29) is 25.2 Å². The minimum absolute atomic E-state index is 0.0742. The molecule has 0 spiro atoms. The summed E-state index contributed by atoms with van der Waals surface area (Å²) in [5.74, 6) is -0.598. The summed E-state index contributed by atoms with van der Waals surface area (Å²) in [5.41, 5.74) is 0. The molecule has 1 atom stereocenters. The summed E-state index contributed by atoms with van der Waals surface area (Å²) in [6, 6.07) is 0. The summed E-state index contributed by atoms with van der Waals surface area (Å²) in [7, 11) is 0. The lowest BCUT2D eigenvalue weighted by Crippen LogP contribution is -2.28. The van der Waals surface area contributed by atoms with E-state index in [1.807, 2.05) is 0 Å². The topological polar surface area (TPSA) is 72.8 Å². The van der Waals surface area contributed by atoms with Crippen LogP contribution >= 0.6 is 0 Å². The van der Waals surface area contributed by atoms with Gasteiger partial charge in [-0.2, -0.15) is 0 Å². The number of esters is 2. The Kier molecular flexibility index (Phi) is 65.9. The monoisotopic (exact) mass is 1110 g/mol. The average Bonchev–Trinajstić information content (AvgIpc) is 3.46. The Hall–Kier alpha value is -3.96. The molecule has 0 aliphatic rings. The number of hydrogen-bond acceptors (Lipinski definition) is 5. The van der Waals surface area contributed by atoms with Crippen molar-refractivity contribution in [1.29, 1.82) is 0 Å². The largest absolute Gasteiger partial charge is 0.462 e. The lowest BCUT2D eigenvalue weighted by Gasteiger charge is -2.15. The Balaban J connectivity index is 3.52. The van der Waals surface area contributed by atoms with Crippen LogP contribution in [-0.4, -0.2) is 36.4 Å². The van der Waals surface area contributed by atoms with Crippen LogP contribution in [0.3, 0.4) is 0 Å². The molecule has 0 aliphatic heterocycles.